The van der Waals surface area contributed by atoms with Crippen LogP contribution < -0.4 is 4.31 Å². The first-order valence-corrected chi connectivity index (χ1v) is 5.97. The highest BCUT2D eigenvalue weighted by molar-refractivity contribution is 7.92. The van der Waals surface area contributed by atoms with Crippen molar-refractivity contribution >= 4 is 21.8 Å². The fourth-order valence-electron chi connectivity index (χ4n) is 1.18. The summed E-state index contributed by atoms with van der Waals surface area (Å²) in [6, 6.07) is 5.75. The summed E-state index contributed by atoms with van der Waals surface area (Å²) in [6.45, 7) is 0. The summed E-state index contributed by atoms with van der Waals surface area (Å²) in [5.41, 5.74) is -0.0113. The van der Waals surface area contributed by atoms with Crippen LogP contribution in [0.25, 0.3) is 0 Å². The summed E-state index contributed by atoms with van der Waals surface area (Å²) in [4.78, 5) is 10.9. The fourth-order valence-corrected chi connectivity index (χ4v) is 1.98. The van der Waals surface area contributed by atoms with E-state index < -0.39 is 16.1 Å². The molecule has 0 aliphatic rings. The zero-order valence-corrected chi connectivity index (χ0v) is 9.15. The molecule has 0 spiro atoms. The maximum Gasteiger partial charge on any atom is 0.425 e. The molecule has 5 nitrogen and oxygen atoms in total. The van der Waals surface area contributed by atoms with Crippen LogP contribution in [-0.4, -0.2) is 25.9 Å². The van der Waals surface area contributed by atoms with Crippen LogP contribution in [0.15, 0.2) is 24.3 Å². The Labute approximate surface area is 93.4 Å². The first-order chi connectivity index (χ1) is 7.38. The third-order valence-corrected chi connectivity index (χ3v) is 2.78. The van der Waals surface area contributed by atoms with Crippen molar-refractivity contribution in [1.29, 1.82) is 0 Å². The van der Waals surface area contributed by atoms with Crippen LogP contribution >= 0.6 is 0 Å². The monoisotopic (exact) mass is 238 g/mol. The third-order valence-electron chi connectivity index (χ3n) is 1.76. The minimum absolute atomic E-state index is 0.0929. The fraction of sp³-hybridized carbons (Fsp3) is 0.100. The molecule has 0 saturated carbocycles. The number of amides is 1. The molecule has 16 heavy (non-hydrogen) atoms. The highest BCUT2D eigenvalue weighted by atomic mass is 32.2. The van der Waals surface area contributed by atoms with Crippen molar-refractivity contribution in [1.82, 2.24) is 0 Å². The molecule has 1 aromatic carbocycles. The van der Waals surface area contributed by atoms with E-state index >= 15 is 0 Å². The van der Waals surface area contributed by atoms with Gasteiger partial charge < -0.3 is 5.11 Å². The van der Waals surface area contributed by atoms with Crippen LogP contribution in [0.1, 0.15) is 5.56 Å². The van der Waals surface area contributed by atoms with Crippen molar-refractivity contribution in [2.75, 3.05) is 10.6 Å². The van der Waals surface area contributed by atoms with Crippen molar-refractivity contribution in [2.24, 2.45) is 0 Å². The second-order valence-corrected chi connectivity index (χ2v) is 4.78. The van der Waals surface area contributed by atoms with Crippen molar-refractivity contribution < 1.29 is 18.3 Å². The van der Waals surface area contributed by atoms with E-state index in [-0.39, 0.29) is 15.6 Å². The molecule has 1 amide bonds. The largest absolute Gasteiger partial charge is 0.464 e. The quantitative estimate of drug-likeness (QED) is 0.782. The first-order valence-electron chi connectivity index (χ1n) is 4.13. The first kappa shape index (κ1) is 12.1. The van der Waals surface area contributed by atoms with Crippen molar-refractivity contribution in [3.63, 3.8) is 0 Å². The number of carbonyl (C=O) groups is 1. The number of carboxylic acid groups (broad SMARTS) is 1. The van der Waals surface area contributed by atoms with Gasteiger partial charge in [0.1, 0.15) is 0 Å². The van der Waals surface area contributed by atoms with Crippen LogP contribution in [0.2, 0.25) is 0 Å². The van der Waals surface area contributed by atoms with Gasteiger partial charge in [-0.05, 0) is 18.6 Å². The zero-order valence-electron chi connectivity index (χ0n) is 8.34. The maximum absolute atomic E-state index is 11.3. The van der Waals surface area contributed by atoms with Gasteiger partial charge in [-0.2, -0.15) is 4.31 Å². The van der Waals surface area contributed by atoms with E-state index in [1.54, 1.807) is 6.07 Å². The lowest BCUT2D eigenvalue weighted by Crippen LogP contribution is -2.35. The average Bonchev–Trinajstić information content (AvgIpc) is 2.15. The number of hydrogen-bond donors (Lipinski definition) is 1. The molecule has 0 fully saturated rings. The summed E-state index contributed by atoms with van der Waals surface area (Å²) >= 11 is 0. The van der Waals surface area contributed by atoms with Gasteiger partial charge in [0, 0.05) is 0 Å². The Hall–Kier alpha value is -2.00. The number of rotatable bonds is 2. The van der Waals surface area contributed by atoms with Gasteiger partial charge in [0.25, 0.3) is 0 Å². The maximum atomic E-state index is 11.3. The molecule has 6 heteroatoms. The van der Waals surface area contributed by atoms with Crippen LogP contribution in [0.4, 0.5) is 10.5 Å². The third kappa shape index (κ3) is 2.32. The van der Waals surface area contributed by atoms with Gasteiger partial charge in [0.2, 0.25) is 10.0 Å². The van der Waals surface area contributed by atoms with Crippen LogP contribution in [0.3, 0.4) is 0 Å². The molecule has 0 heterocycles. The van der Waals surface area contributed by atoms with Gasteiger partial charge in [-0.3, -0.25) is 0 Å². The summed E-state index contributed by atoms with van der Waals surface area (Å²) < 4.78 is 22.8. The number of para-hydroxylation sites is 1. The number of sulfonamides is 1. The van der Waals surface area contributed by atoms with Gasteiger partial charge in [-0.25, -0.2) is 13.2 Å². The Kier molecular flexibility index (Phi) is 3.20. The highest BCUT2D eigenvalue weighted by Crippen LogP contribution is 2.22. The minimum Gasteiger partial charge on any atom is -0.464 e. The lowest BCUT2D eigenvalue weighted by molar-refractivity contribution is 0.206. The highest BCUT2D eigenvalue weighted by Gasteiger charge is 2.26. The second-order valence-electron chi connectivity index (χ2n) is 2.95. The predicted octanol–water partition coefficient (Wildman–Crippen LogP) is 1.07. The molecule has 0 aliphatic heterocycles. The van der Waals surface area contributed by atoms with Crippen molar-refractivity contribution in [3.8, 4) is 5.92 Å². The molecule has 1 radical (unpaired) electrons. The molecular weight excluding hydrogens is 230 g/mol. The molecule has 0 atom stereocenters. The summed E-state index contributed by atoms with van der Waals surface area (Å²) in [6.07, 6.45) is 6.12. The topological polar surface area (TPSA) is 74.7 Å². The molecule has 0 bridgehead atoms. The number of anilines is 1. The lowest BCUT2D eigenvalue weighted by atomic mass is 10.2. The Morgan fingerprint density at radius 3 is 2.44 bits per heavy atom. The molecular formula is C10H8NO4S. The Morgan fingerprint density at radius 1 is 1.44 bits per heavy atom. The number of benzene rings is 1. The molecule has 1 rings (SSSR count). The molecule has 1 N–H and O–H groups in total. The van der Waals surface area contributed by atoms with Gasteiger partial charge >= 0.3 is 6.09 Å². The van der Waals surface area contributed by atoms with E-state index in [1.165, 1.54) is 18.2 Å². The summed E-state index contributed by atoms with van der Waals surface area (Å²) in [7, 11) is -3.94. The second kappa shape index (κ2) is 4.24. The molecule has 0 aliphatic carbocycles. The normalized spacial score (nSPS) is 10.5. The average molecular weight is 238 g/mol. The molecule has 83 valence electrons. The molecule has 1 aromatic rings. The van der Waals surface area contributed by atoms with Crippen LogP contribution in [0, 0.1) is 12.3 Å². The van der Waals surface area contributed by atoms with Crippen molar-refractivity contribution in [2.45, 2.75) is 0 Å². The Balaban J connectivity index is 3.46. The smallest absolute Gasteiger partial charge is 0.425 e. The summed E-state index contributed by atoms with van der Waals surface area (Å²) in [5, 5.41) is 8.84. The molecule has 0 aromatic heterocycles. The van der Waals surface area contributed by atoms with Crippen molar-refractivity contribution in [3.05, 3.63) is 36.3 Å². The molecule has 0 unspecified atom stereocenters. The van der Waals surface area contributed by atoms with Crippen LogP contribution in [-0.2, 0) is 10.0 Å². The van der Waals surface area contributed by atoms with E-state index in [2.05, 4.69) is 0 Å². The number of hydrogen-bond acceptors (Lipinski definition) is 3. The Morgan fingerprint density at radius 2 is 2.00 bits per heavy atom. The standard InChI is InChI=1S/C10H8NO4S/c1-3-8-6-4-5-7-9(8)11(10(12)13)16(2,14)15/h4-7H,2H3,(H,12,13). The van der Waals surface area contributed by atoms with Crippen LogP contribution in [0.5, 0.6) is 0 Å². The van der Waals surface area contributed by atoms with Gasteiger partial charge in [0.15, 0.2) is 0 Å². The Bertz CT molecular complexity index is 556. The zero-order chi connectivity index (χ0) is 12.3. The van der Waals surface area contributed by atoms with E-state index in [0.29, 0.717) is 0 Å². The predicted molar refractivity (Wildman–Crippen MR) is 58.0 cm³/mol. The van der Waals surface area contributed by atoms with E-state index in [0.717, 1.165) is 6.26 Å². The number of nitrogens with zero attached hydrogens (tertiary/aromatic N) is 1. The SMILES string of the molecule is [C]#Cc1ccccc1N(C(=O)O)S(C)(=O)=O. The minimum atomic E-state index is -3.94. The van der Waals surface area contributed by atoms with Gasteiger partial charge in [-0.15, -0.1) is 0 Å². The van der Waals surface area contributed by atoms with E-state index in [1.807, 2.05) is 5.92 Å². The van der Waals surface area contributed by atoms with Gasteiger partial charge in [0.05, 0.1) is 17.5 Å². The summed E-state index contributed by atoms with van der Waals surface area (Å²) in [5.74, 6) is 1.98. The van der Waals surface area contributed by atoms with E-state index in [9.17, 15) is 13.2 Å². The van der Waals surface area contributed by atoms with E-state index in [4.69, 9.17) is 11.5 Å². The lowest BCUT2D eigenvalue weighted by Gasteiger charge is -2.17. The van der Waals surface area contributed by atoms with Gasteiger partial charge in [-0.1, -0.05) is 18.1 Å². The molecule has 0 saturated heterocycles.